The summed E-state index contributed by atoms with van der Waals surface area (Å²) in [5, 5.41) is 3.81. The van der Waals surface area contributed by atoms with Crippen LogP contribution in [0.25, 0.3) is 0 Å². The van der Waals surface area contributed by atoms with E-state index >= 15 is 0 Å². The number of fused-ring (bicyclic) bond motifs is 2. The Morgan fingerprint density at radius 3 is 2.76 bits per heavy atom. The molecule has 3 rings (SSSR count). The molecule has 2 bridgehead atoms. The first-order chi connectivity index (χ1) is 10.3. The summed E-state index contributed by atoms with van der Waals surface area (Å²) in [5.74, 6) is 3.14. The Morgan fingerprint density at radius 1 is 1.24 bits per heavy atom. The minimum absolute atomic E-state index is 0.711. The third-order valence-corrected chi connectivity index (χ3v) is 5.69. The van der Waals surface area contributed by atoms with Crippen LogP contribution in [0.5, 0.6) is 0 Å². The van der Waals surface area contributed by atoms with Crippen molar-refractivity contribution in [2.75, 3.05) is 6.54 Å². The predicted molar refractivity (Wildman–Crippen MR) is 88.2 cm³/mol. The number of aryl methyl sites for hydroxylation is 1. The van der Waals surface area contributed by atoms with Gasteiger partial charge in [-0.2, -0.15) is 0 Å². The first kappa shape index (κ1) is 15.0. The van der Waals surface area contributed by atoms with E-state index in [-0.39, 0.29) is 0 Å². The van der Waals surface area contributed by atoms with Crippen molar-refractivity contribution in [2.24, 2.45) is 17.8 Å². The van der Waals surface area contributed by atoms with E-state index in [2.05, 4.69) is 29.4 Å². The summed E-state index contributed by atoms with van der Waals surface area (Å²) in [6, 6.07) is 5.03. The summed E-state index contributed by atoms with van der Waals surface area (Å²) in [4.78, 5) is 4.12. The summed E-state index contributed by atoms with van der Waals surface area (Å²) >= 11 is 0. The fourth-order valence-corrected chi connectivity index (χ4v) is 4.57. The van der Waals surface area contributed by atoms with Crippen molar-refractivity contribution in [3.8, 4) is 0 Å². The molecule has 4 unspecified atom stereocenters. The second-order valence-electron chi connectivity index (χ2n) is 7.22. The lowest BCUT2D eigenvalue weighted by Crippen LogP contribution is -2.33. The Bertz CT molecular complexity index is 417. The zero-order valence-electron chi connectivity index (χ0n) is 13.4. The van der Waals surface area contributed by atoms with Crippen LogP contribution in [0.1, 0.15) is 57.4 Å². The molecule has 2 aliphatic rings. The molecule has 1 heterocycles. The molecule has 2 nitrogen and oxygen atoms in total. The van der Waals surface area contributed by atoms with Gasteiger partial charge in [-0.15, -0.1) is 0 Å². The van der Waals surface area contributed by atoms with E-state index in [1.807, 2.05) is 12.4 Å². The topological polar surface area (TPSA) is 24.9 Å². The van der Waals surface area contributed by atoms with Crippen molar-refractivity contribution in [3.05, 3.63) is 30.1 Å². The largest absolute Gasteiger partial charge is 0.314 e. The molecule has 116 valence electrons. The van der Waals surface area contributed by atoms with Gasteiger partial charge in [-0.25, -0.2) is 0 Å². The molecule has 2 fully saturated rings. The van der Waals surface area contributed by atoms with Crippen LogP contribution < -0.4 is 5.32 Å². The Kier molecular flexibility index (Phi) is 5.29. The third-order valence-electron chi connectivity index (χ3n) is 5.69. The van der Waals surface area contributed by atoms with Gasteiger partial charge in [-0.1, -0.05) is 13.3 Å². The quantitative estimate of drug-likeness (QED) is 0.774. The molecule has 0 spiro atoms. The molecule has 0 aromatic carbocycles. The zero-order valence-corrected chi connectivity index (χ0v) is 13.4. The number of rotatable bonds is 8. The molecule has 0 saturated heterocycles. The lowest BCUT2D eigenvalue weighted by Gasteiger charge is -2.27. The van der Waals surface area contributed by atoms with Crippen LogP contribution in [0.4, 0.5) is 0 Å². The Morgan fingerprint density at radius 2 is 2.10 bits per heavy atom. The highest BCUT2D eigenvalue weighted by Gasteiger charge is 2.39. The molecule has 21 heavy (non-hydrogen) atoms. The first-order valence-corrected chi connectivity index (χ1v) is 8.97. The normalized spacial score (nSPS) is 28.9. The maximum Gasteiger partial charge on any atom is 0.0270 e. The van der Waals surface area contributed by atoms with E-state index in [1.54, 1.807) is 0 Å². The standard InChI is InChI=1S/C19H30N2/c1-2-9-21-19(6-4-15-7-10-20-11-8-15)14-18-13-16-3-5-17(18)12-16/h7-8,10-11,16-19,21H,2-6,9,12-14H2,1H3. The van der Waals surface area contributed by atoms with E-state index in [1.165, 1.54) is 63.5 Å². The Balaban J connectivity index is 1.51. The molecular formula is C19H30N2. The highest BCUT2D eigenvalue weighted by Crippen LogP contribution is 2.50. The molecule has 4 atom stereocenters. The van der Waals surface area contributed by atoms with Crippen molar-refractivity contribution in [1.29, 1.82) is 0 Å². The van der Waals surface area contributed by atoms with Gasteiger partial charge >= 0.3 is 0 Å². The first-order valence-electron chi connectivity index (χ1n) is 8.97. The van der Waals surface area contributed by atoms with Gasteiger partial charge in [0.2, 0.25) is 0 Å². The van der Waals surface area contributed by atoms with Crippen molar-refractivity contribution < 1.29 is 0 Å². The fourth-order valence-electron chi connectivity index (χ4n) is 4.57. The third kappa shape index (κ3) is 4.06. The van der Waals surface area contributed by atoms with E-state index in [4.69, 9.17) is 0 Å². The second kappa shape index (κ2) is 7.40. The summed E-state index contributed by atoms with van der Waals surface area (Å²) in [5.41, 5.74) is 1.43. The van der Waals surface area contributed by atoms with Gasteiger partial charge < -0.3 is 5.32 Å². The molecule has 2 aliphatic carbocycles. The van der Waals surface area contributed by atoms with Gasteiger partial charge in [0, 0.05) is 18.4 Å². The predicted octanol–water partition coefficient (Wildman–Crippen LogP) is 4.21. The Hall–Kier alpha value is -0.890. The highest BCUT2D eigenvalue weighted by atomic mass is 14.9. The average Bonchev–Trinajstić information content (AvgIpc) is 3.13. The SMILES string of the molecule is CCCNC(CCc1ccncc1)CC1CC2CCC1C2. The second-order valence-corrected chi connectivity index (χ2v) is 7.22. The van der Waals surface area contributed by atoms with E-state index < -0.39 is 0 Å². The molecule has 1 aromatic heterocycles. The van der Waals surface area contributed by atoms with Gasteiger partial charge in [0.05, 0.1) is 0 Å². The van der Waals surface area contributed by atoms with Gasteiger partial charge in [0.1, 0.15) is 0 Å². The van der Waals surface area contributed by atoms with Crippen LogP contribution in [0.2, 0.25) is 0 Å². The molecule has 0 radical (unpaired) electrons. The smallest absolute Gasteiger partial charge is 0.0270 e. The van der Waals surface area contributed by atoms with E-state index in [0.29, 0.717) is 6.04 Å². The minimum atomic E-state index is 0.711. The highest BCUT2D eigenvalue weighted by molar-refractivity contribution is 5.10. The number of nitrogens with zero attached hydrogens (tertiary/aromatic N) is 1. The summed E-state index contributed by atoms with van der Waals surface area (Å²) < 4.78 is 0. The maximum atomic E-state index is 4.12. The van der Waals surface area contributed by atoms with Crippen molar-refractivity contribution in [1.82, 2.24) is 10.3 Å². The molecule has 2 saturated carbocycles. The van der Waals surface area contributed by atoms with Gasteiger partial charge in [-0.05, 0) is 86.9 Å². The number of aromatic nitrogens is 1. The minimum Gasteiger partial charge on any atom is -0.314 e. The number of nitrogens with one attached hydrogen (secondary N) is 1. The van der Waals surface area contributed by atoms with Crippen LogP contribution in [0.3, 0.4) is 0 Å². The number of pyridine rings is 1. The summed E-state index contributed by atoms with van der Waals surface area (Å²) in [6.45, 7) is 3.44. The summed E-state index contributed by atoms with van der Waals surface area (Å²) in [7, 11) is 0. The molecular weight excluding hydrogens is 256 g/mol. The molecule has 0 amide bonds. The maximum absolute atomic E-state index is 4.12. The van der Waals surface area contributed by atoms with E-state index in [0.717, 1.165) is 17.8 Å². The van der Waals surface area contributed by atoms with Crippen molar-refractivity contribution >= 4 is 0 Å². The van der Waals surface area contributed by atoms with Gasteiger partial charge in [-0.3, -0.25) is 4.98 Å². The van der Waals surface area contributed by atoms with Gasteiger partial charge in [0.25, 0.3) is 0 Å². The van der Waals surface area contributed by atoms with Crippen molar-refractivity contribution in [3.63, 3.8) is 0 Å². The Labute approximate surface area is 129 Å². The molecule has 2 heteroatoms. The van der Waals surface area contributed by atoms with Crippen LogP contribution in [0.15, 0.2) is 24.5 Å². The van der Waals surface area contributed by atoms with E-state index in [9.17, 15) is 0 Å². The average molecular weight is 286 g/mol. The monoisotopic (exact) mass is 286 g/mol. The van der Waals surface area contributed by atoms with Gasteiger partial charge in [0.15, 0.2) is 0 Å². The van der Waals surface area contributed by atoms with Crippen LogP contribution in [-0.4, -0.2) is 17.6 Å². The zero-order chi connectivity index (χ0) is 14.5. The fraction of sp³-hybridized carbons (Fsp3) is 0.737. The van der Waals surface area contributed by atoms with Crippen LogP contribution in [-0.2, 0) is 6.42 Å². The molecule has 0 aliphatic heterocycles. The summed E-state index contributed by atoms with van der Waals surface area (Å²) in [6.07, 6.45) is 15.0. The molecule has 1 N–H and O–H groups in total. The lowest BCUT2D eigenvalue weighted by molar-refractivity contribution is 0.271. The van der Waals surface area contributed by atoms with Crippen LogP contribution in [0, 0.1) is 17.8 Å². The lowest BCUT2D eigenvalue weighted by atomic mass is 9.83. The molecule has 1 aromatic rings. The van der Waals surface area contributed by atoms with Crippen LogP contribution >= 0.6 is 0 Å². The number of hydrogen-bond donors (Lipinski definition) is 1. The number of hydrogen-bond acceptors (Lipinski definition) is 2. The van der Waals surface area contributed by atoms with Crippen molar-refractivity contribution in [2.45, 2.75) is 64.3 Å².